The summed E-state index contributed by atoms with van der Waals surface area (Å²) >= 11 is 0. The van der Waals surface area contributed by atoms with Crippen molar-refractivity contribution in [3.05, 3.63) is 46.0 Å². The van der Waals surface area contributed by atoms with Crippen molar-refractivity contribution in [2.75, 3.05) is 11.9 Å². The van der Waals surface area contributed by atoms with Crippen molar-refractivity contribution in [3.63, 3.8) is 0 Å². The summed E-state index contributed by atoms with van der Waals surface area (Å²) in [6.07, 6.45) is 1.38. The molecule has 0 radical (unpaired) electrons. The highest BCUT2D eigenvalue weighted by Crippen LogP contribution is 2.33. The number of ketones is 1. The van der Waals surface area contributed by atoms with Gasteiger partial charge in [0.05, 0.1) is 36.1 Å². The first-order valence-electron chi connectivity index (χ1n) is 10.7. The van der Waals surface area contributed by atoms with Crippen molar-refractivity contribution in [1.82, 2.24) is 14.9 Å². The molecule has 2 amide bonds. The molecule has 33 heavy (non-hydrogen) atoms. The number of carbonyl (C=O) groups excluding carboxylic acids is 3. The summed E-state index contributed by atoms with van der Waals surface area (Å²) in [6, 6.07) is 8.17. The molecule has 1 unspecified atom stereocenters. The number of rotatable bonds is 8. The molecule has 10 heteroatoms. The average molecular weight is 449 g/mol. The van der Waals surface area contributed by atoms with Gasteiger partial charge >= 0.3 is 6.09 Å². The normalized spacial score (nSPS) is 17.1. The first kappa shape index (κ1) is 22.2. The fourth-order valence-corrected chi connectivity index (χ4v) is 3.64. The van der Waals surface area contributed by atoms with E-state index in [-0.39, 0.29) is 36.7 Å². The monoisotopic (exact) mass is 449 g/mol. The van der Waals surface area contributed by atoms with Gasteiger partial charge in [0, 0.05) is 24.0 Å². The van der Waals surface area contributed by atoms with E-state index in [1.54, 1.807) is 25.1 Å². The summed E-state index contributed by atoms with van der Waals surface area (Å²) < 4.78 is 6.30. The van der Waals surface area contributed by atoms with Gasteiger partial charge < -0.3 is 15.4 Å². The molecule has 2 fully saturated rings. The molecule has 10 nitrogen and oxygen atoms in total. The van der Waals surface area contributed by atoms with Crippen LogP contribution in [0.1, 0.15) is 37.1 Å². The summed E-state index contributed by atoms with van der Waals surface area (Å²) in [5.74, 6) is 0.0306. The lowest BCUT2D eigenvalue weighted by Gasteiger charge is -2.14. The number of nitrogens with zero attached hydrogens (tertiary/aromatic N) is 3. The lowest BCUT2D eigenvalue weighted by Crippen LogP contribution is -2.27. The minimum Gasteiger partial charge on any atom is -0.444 e. The second-order valence-electron chi connectivity index (χ2n) is 8.23. The van der Waals surface area contributed by atoms with Crippen molar-refractivity contribution < 1.29 is 19.1 Å². The summed E-state index contributed by atoms with van der Waals surface area (Å²) in [5.41, 5.74) is 1.27. The number of nitrogens with one attached hydrogen (secondary N) is 2. The Bertz CT molecular complexity index is 1220. The van der Waals surface area contributed by atoms with Gasteiger partial charge in [0.15, 0.2) is 5.78 Å². The van der Waals surface area contributed by atoms with Gasteiger partial charge in [-0.1, -0.05) is 0 Å². The van der Waals surface area contributed by atoms with Crippen LogP contribution in [-0.4, -0.2) is 40.0 Å². The third kappa shape index (κ3) is 5.26. The highest BCUT2D eigenvalue weighted by Gasteiger charge is 2.30. The van der Waals surface area contributed by atoms with Crippen LogP contribution in [0.5, 0.6) is 0 Å². The third-order valence-electron chi connectivity index (χ3n) is 5.66. The van der Waals surface area contributed by atoms with Crippen LogP contribution in [0.4, 0.5) is 10.5 Å². The lowest BCUT2D eigenvalue weighted by molar-refractivity contribution is -0.120. The second kappa shape index (κ2) is 9.24. The average Bonchev–Trinajstić information content (AvgIpc) is 3.56. The van der Waals surface area contributed by atoms with Gasteiger partial charge in [-0.3, -0.25) is 19.0 Å². The van der Waals surface area contributed by atoms with Crippen LogP contribution in [0.3, 0.4) is 0 Å². The molecule has 1 aromatic carbocycles. The Kier molecular flexibility index (Phi) is 6.22. The first-order valence-corrected chi connectivity index (χ1v) is 10.7. The van der Waals surface area contributed by atoms with Crippen molar-refractivity contribution in [1.29, 1.82) is 5.26 Å². The van der Waals surface area contributed by atoms with Gasteiger partial charge in [-0.05, 0) is 44.4 Å². The van der Waals surface area contributed by atoms with Gasteiger partial charge in [0.1, 0.15) is 11.9 Å². The number of carbonyl (C=O) groups is 3. The standard InChI is InChI=1S/C23H23N5O5/c1-13-26-20(18-7-2-14(10-24)8-19(18)27-22(31)15-3-4-15)9-21(30)28(13)12-16(29)5-6-17-11-25-23(32)33-17/h2,7-9,15,17H,3-6,11-12H2,1H3,(H,25,32)(H,27,31). The largest absolute Gasteiger partial charge is 0.444 e. The highest BCUT2D eigenvalue weighted by atomic mass is 16.6. The lowest BCUT2D eigenvalue weighted by atomic mass is 10.1. The van der Waals surface area contributed by atoms with Gasteiger partial charge in [-0.25, -0.2) is 9.78 Å². The minimum absolute atomic E-state index is 0.0270. The molecule has 0 spiro atoms. The quantitative estimate of drug-likeness (QED) is 0.626. The maximum absolute atomic E-state index is 12.8. The van der Waals surface area contributed by atoms with Crippen LogP contribution in [-0.2, 0) is 20.9 Å². The summed E-state index contributed by atoms with van der Waals surface area (Å²) in [4.78, 5) is 53.0. The summed E-state index contributed by atoms with van der Waals surface area (Å²) in [5, 5.41) is 14.6. The molecule has 1 atom stereocenters. The number of benzene rings is 1. The zero-order valence-corrected chi connectivity index (χ0v) is 18.1. The van der Waals surface area contributed by atoms with E-state index in [9.17, 15) is 24.4 Å². The van der Waals surface area contributed by atoms with E-state index in [1.807, 2.05) is 6.07 Å². The molecule has 170 valence electrons. The minimum atomic E-state index is -0.491. The Hall–Kier alpha value is -4.00. The molecule has 2 aromatic rings. The zero-order valence-electron chi connectivity index (χ0n) is 18.1. The molecule has 2 heterocycles. The van der Waals surface area contributed by atoms with Crippen LogP contribution < -0.4 is 16.2 Å². The fourth-order valence-electron chi connectivity index (χ4n) is 3.64. The highest BCUT2D eigenvalue weighted by molar-refractivity contribution is 5.97. The predicted molar refractivity (Wildman–Crippen MR) is 117 cm³/mol. The maximum Gasteiger partial charge on any atom is 0.407 e. The predicted octanol–water partition coefficient (Wildman–Crippen LogP) is 1.90. The van der Waals surface area contributed by atoms with E-state index in [0.717, 1.165) is 12.8 Å². The fraction of sp³-hybridized carbons (Fsp3) is 0.391. The molecule has 4 rings (SSSR count). The van der Waals surface area contributed by atoms with E-state index >= 15 is 0 Å². The Morgan fingerprint density at radius 3 is 2.73 bits per heavy atom. The Morgan fingerprint density at radius 1 is 1.30 bits per heavy atom. The number of hydrogen-bond donors (Lipinski definition) is 2. The van der Waals surface area contributed by atoms with E-state index in [2.05, 4.69) is 15.6 Å². The third-order valence-corrected chi connectivity index (χ3v) is 5.66. The Balaban J connectivity index is 1.52. The van der Waals surface area contributed by atoms with Crippen LogP contribution >= 0.6 is 0 Å². The number of cyclic esters (lactones) is 1. The number of Topliss-reactive ketones (excluding diaryl/α,β-unsaturated/α-hetero) is 1. The second-order valence-corrected chi connectivity index (χ2v) is 8.23. The topological polar surface area (TPSA) is 143 Å². The van der Waals surface area contributed by atoms with Crippen molar-refractivity contribution in [2.45, 2.75) is 45.3 Å². The molecule has 0 bridgehead atoms. The van der Waals surface area contributed by atoms with Crippen molar-refractivity contribution in [3.8, 4) is 17.3 Å². The molecular weight excluding hydrogens is 426 g/mol. The molecule has 1 aromatic heterocycles. The zero-order chi connectivity index (χ0) is 23.5. The number of anilines is 1. The molecule has 1 aliphatic carbocycles. The molecule has 2 aliphatic rings. The summed E-state index contributed by atoms with van der Waals surface area (Å²) in [6.45, 7) is 1.86. The first-order chi connectivity index (χ1) is 15.8. The molecule has 1 aliphatic heterocycles. The summed E-state index contributed by atoms with van der Waals surface area (Å²) in [7, 11) is 0. The van der Waals surface area contributed by atoms with E-state index in [4.69, 9.17) is 4.74 Å². The van der Waals surface area contributed by atoms with Gasteiger partial charge in [0.2, 0.25) is 5.91 Å². The van der Waals surface area contributed by atoms with Crippen molar-refractivity contribution in [2.24, 2.45) is 5.92 Å². The van der Waals surface area contributed by atoms with Crippen molar-refractivity contribution >= 4 is 23.5 Å². The van der Waals surface area contributed by atoms with E-state index < -0.39 is 11.7 Å². The van der Waals surface area contributed by atoms with Gasteiger partial charge in [-0.15, -0.1) is 0 Å². The Labute approximate surface area is 189 Å². The molecule has 1 saturated carbocycles. The number of alkyl carbamates (subject to hydrolysis) is 1. The molecule has 2 N–H and O–H groups in total. The molecule has 1 saturated heterocycles. The number of aryl methyl sites for hydroxylation is 1. The Morgan fingerprint density at radius 2 is 2.09 bits per heavy atom. The van der Waals surface area contributed by atoms with E-state index in [0.29, 0.717) is 41.3 Å². The number of nitriles is 1. The molecular formula is C23H23N5O5. The van der Waals surface area contributed by atoms with Crippen LogP contribution in [0.15, 0.2) is 29.1 Å². The van der Waals surface area contributed by atoms with Crippen LogP contribution in [0.25, 0.3) is 11.3 Å². The number of amides is 2. The van der Waals surface area contributed by atoms with Gasteiger partial charge in [0.25, 0.3) is 5.56 Å². The van der Waals surface area contributed by atoms with Crippen LogP contribution in [0.2, 0.25) is 0 Å². The van der Waals surface area contributed by atoms with E-state index in [1.165, 1.54) is 10.6 Å². The van der Waals surface area contributed by atoms with Gasteiger partial charge in [-0.2, -0.15) is 5.26 Å². The number of hydrogen-bond acceptors (Lipinski definition) is 7. The SMILES string of the molecule is Cc1nc(-c2ccc(C#N)cc2NC(=O)C2CC2)cc(=O)n1CC(=O)CCC1CNC(=O)O1. The number of aromatic nitrogens is 2. The number of ether oxygens (including phenoxy) is 1. The van der Waals surface area contributed by atoms with Crippen LogP contribution in [0, 0.1) is 24.2 Å². The smallest absolute Gasteiger partial charge is 0.407 e. The maximum atomic E-state index is 12.8.